The van der Waals surface area contributed by atoms with Crippen LogP contribution in [0, 0.1) is 0 Å². The average Bonchev–Trinajstić information content (AvgIpc) is 3.58. The average molecular weight is 754 g/mol. The SMILES string of the molecule is CC(C)(C)c1cc(-c2cc(-c3cccc(-c4ccc(-c5cccc6c5c5ccccc5n6-c5ccccc5)cn4)c3)nc(-c3ccccc3O)c2)cc(C(C)(C)C)c1. The number of benzene rings is 6. The molecule has 0 aliphatic rings. The van der Waals surface area contributed by atoms with E-state index in [2.05, 4.69) is 186 Å². The third-order valence-electron chi connectivity index (χ3n) is 11.2. The molecule has 0 saturated heterocycles. The number of aromatic hydroxyl groups is 1. The van der Waals surface area contributed by atoms with Crippen molar-refractivity contribution >= 4 is 21.8 Å². The van der Waals surface area contributed by atoms with E-state index in [1.54, 1.807) is 6.07 Å². The van der Waals surface area contributed by atoms with E-state index in [1.165, 1.54) is 32.9 Å². The van der Waals surface area contributed by atoms with Gasteiger partial charge < -0.3 is 9.67 Å². The normalized spacial score (nSPS) is 12.0. The van der Waals surface area contributed by atoms with Crippen LogP contribution in [0.25, 0.3) is 83.5 Å². The quantitative estimate of drug-likeness (QED) is 0.184. The summed E-state index contributed by atoms with van der Waals surface area (Å²) in [6, 6.07) is 57.2. The van der Waals surface area contributed by atoms with E-state index in [0.29, 0.717) is 5.56 Å². The van der Waals surface area contributed by atoms with Gasteiger partial charge in [-0.1, -0.05) is 145 Å². The zero-order valence-corrected chi connectivity index (χ0v) is 34.0. The van der Waals surface area contributed by atoms with Gasteiger partial charge in [0.1, 0.15) is 5.75 Å². The number of fused-ring (bicyclic) bond motifs is 3. The minimum absolute atomic E-state index is 0.0309. The second-order valence-electron chi connectivity index (χ2n) is 17.3. The minimum atomic E-state index is -0.0309. The highest BCUT2D eigenvalue weighted by atomic mass is 16.3. The highest BCUT2D eigenvalue weighted by molar-refractivity contribution is 6.15. The first kappa shape index (κ1) is 36.8. The molecule has 0 amide bonds. The zero-order chi connectivity index (χ0) is 40.2. The molecule has 0 spiro atoms. The predicted octanol–water partition coefficient (Wildman–Crippen LogP) is 14.2. The summed E-state index contributed by atoms with van der Waals surface area (Å²) in [6.45, 7) is 13.6. The smallest absolute Gasteiger partial charge is 0.124 e. The van der Waals surface area contributed by atoms with Crippen LogP contribution in [0.3, 0.4) is 0 Å². The van der Waals surface area contributed by atoms with Crippen LogP contribution in [0.2, 0.25) is 0 Å². The Bertz CT molecular complexity index is 2930. The summed E-state index contributed by atoms with van der Waals surface area (Å²) < 4.78 is 2.35. The van der Waals surface area contributed by atoms with Crippen molar-refractivity contribution in [3.05, 3.63) is 181 Å². The second kappa shape index (κ2) is 14.3. The molecule has 0 aliphatic carbocycles. The number of pyridine rings is 2. The summed E-state index contributed by atoms with van der Waals surface area (Å²) in [7, 11) is 0. The van der Waals surface area contributed by atoms with Crippen LogP contribution < -0.4 is 0 Å². The van der Waals surface area contributed by atoms with E-state index in [4.69, 9.17) is 9.97 Å². The summed E-state index contributed by atoms with van der Waals surface area (Å²) in [5.41, 5.74) is 15.5. The van der Waals surface area contributed by atoms with Crippen molar-refractivity contribution in [2.24, 2.45) is 0 Å². The molecule has 3 aromatic heterocycles. The Morgan fingerprint density at radius 3 is 1.76 bits per heavy atom. The number of phenols is 1. The lowest BCUT2D eigenvalue weighted by atomic mass is 9.79. The number of aromatic nitrogens is 3. The second-order valence-corrected chi connectivity index (χ2v) is 17.3. The van der Waals surface area contributed by atoms with Crippen LogP contribution in [-0.4, -0.2) is 19.6 Å². The molecule has 4 nitrogen and oxygen atoms in total. The highest BCUT2D eigenvalue weighted by Crippen LogP contribution is 2.40. The van der Waals surface area contributed by atoms with Crippen LogP contribution in [0.15, 0.2) is 170 Å². The lowest BCUT2D eigenvalue weighted by Crippen LogP contribution is -2.16. The van der Waals surface area contributed by atoms with Crippen molar-refractivity contribution in [1.82, 2.24) is 14.5 Å². The van der Waals surface area contributed by atoms with Gasteiger partial charge in [0, 0.05) is 44.9 Å². The molecule has 0 bridgehead atoms. The highest BCUT2D eigenvalue weighted by Gasteiger charge is 2.22. The molecule has 0 saturated carbocycles. The van der Waals surface area contributed by atoms with Gasteiger partial charge in [-0.25, -0.2) is 4.98 Å². The molecule has 0 fully saturated rings. The Morgan fingerprint density at radius 1 is 0.448 bits per heavy atom. The van der Waals surface area contributed by atoms with E-state index in [-0.39, 0.29) is 16.6 Å². The summed E-state index contributed by atoms with van der Waals surface area (Å²) in [6.07, 6.45) is 2.00. The Morgan fingerprint density at radius 2 is 1.05 bits per heavy atom. The van der Waals surface area contributed by atoms with Crippen molar-refractivity contribution in [1.29, 1.82) is 0 Å². The minimum Gasteiger partial charge on any atom is -0.507 e. The fourth-order valence-corrected chi connectivity index (χ4v) is 8.01. The number of hydrogen-bond donors (Lipinski definition) is 1. The number of phenolic OH excluding ortho intramolecular Hbond substituents is 1. The monoisotopic (exact) mass is 753 g/mol. The molecule has 0 atom stereocenters. The fourth-order valence-electron chi connectivity index (χ4n) is 8.01. The lowest BCUT2D eigenvalue weighted by molar-refractivity contribution is 0.477. The molecule has 0 unspecified atom stereocenters. The topological polar surface area (TPSA) is 50.9 Å². The molecule has 0 radical (unpaired) electrons. The van der Waals surface area contributed by atoms with Gasteiger partial charge in [0.15, 0.2) is 0 Å². The van der Waals surface area contributed by atoms with E-state index in [0.717, 1.165) is 56.1 Å². The van der Waals surface area contributed by atoms with E-state index in [1.807, 2.05) is 24.4 Å². The van der Waals surface area contributed by atoms with Crippen LogP contribution in [0.5, 0.6) is 5.75 Å². The third-order valence-corrected chi connectivity index (χ3v) is 11.2. The van der Waals surface area contributed by atoms with E-state index >= 15 is 0 Å². The summed E-state index contributed by atoms with van der Waals surface area (Å²) in [5.74, 6) is 0.204. The van der Waals surface area contributed by atoms with Crippen LogP contribution in [-0.2, 0) is 10.8 Å². The predicted molar refractivity (Wildman–Crippen MR) is 243 cm³/mol. The number of hydrogen-bond acceptors (Lipinski definition) is 3. The summed E-state index contributed by atoms with van der Waals surface area (Å²) in [4.78, 5) is 10.2. The first-order chi connectivity index (χ1) is 27.9. The van der Waals surface area contributed by atoms with Gasteiger partial charge in [0.25, 0.3) is 0 Å². The van der Waals surface area contributed by atoms with Crippen molar-refractivity contribution in [2.45, 2.75) is 52.4 Å². The number of nitrogens with zero attached hydrogens (tertiary/aromatic N) is 3. The largest absolute Gasteiger partial charge is 0.507 e. The van der Waals surface area contributed by atoms with Crippen LogP contribution in [0.1, 0.15) is 52.7 Å². The van der Waals surface area contributed by atoms with Gasteiger partial charge in [-0.3, -0.25) is 4.98 Å². The third kappa shape index (κ3) is 6.85. The Hall–Kier alpha value is -6.78. The molecule has 4 heteroatoms. The van der Waals surface area contributed by atoms with Gasteiger partial charge in [-0.2, -0.15) is 0 Å². The van der Waals surface area contributed by atoms with Gasteiger partial charge in [0.2, 0.25) is 0 Å². The molecular formula is C54H47N3O. The summed E-state index contributed by atoms with van der Waals surface area (Å²) >= 11 is 0. The molecule has 6 aromatic carbocycles. The Labute approximate surface area is 341 Å². The van der Waals surface area contributed by atoms with Gasteiger partial charge in [-0.15, -0.1) is 0 Å². The molecule has 9 aromatic rings. The Kier molecular flexibility index (Phi) is 9.09. The lowest BCUT2D eigenvalue weighted by Gasteiger charge is -2.26. The first-order valence-electron chi connectivity index (χ1n) is 20.0. The van der Waals surface area contributed by atoms with Gasteiger partial charge in [0.05, 0.1) is 28.1 Å². The Balaban J connectivity index is 1.13. The molecule has 0 aliphatic heterocycles. The molecule has 284 valence electrons. The van der Waals surface area contributed by atoms with E-state index < -0.39 is 0 Å². The summed E-state index contributed by atoms with van der Waals surface area (Å²) in [5, 5.41) is 13.4. The molecule has 3 heterocycles. The molecule has 58 heavy (non-hydrogen) atoms. The number of para-hydroxylation sites is 3. The zero-order valence-electron chi connectivity index (χ0n) is 34.0. The van der Waals surface area contributed by atoms with Crippen molar-refractivity contribution in [2.75, 3.05) is 0 Å². The van der Waals surface area contributed by atoms with Crippen molar-refractivity contribution in [3.63, 3.8) is 0 Å². The van der Waals surface area contributed by atoms with Gasteiger partial charge >= 0.3 is 0 Å². The first-order valence-corrected chi connectivity index (χ1v) is 20.0. The molecule has 9 rings (SSSR count). The van der Waals surface area contributed by atoms with Crippen LogP contribution in [0.4, 0.5) is 0 Å². The van der Waals surface area contributed by atoms with Crippen molar-refractivity contribution < 1.29 is 5.11 Å². The van der Waals surface area contributed by atoms with Gasteiger partial charge in [-0.05, 0) is 99.3 Å². The molecule has 1 N–H and O–H groups in total. The standard InChI is InChI=1S/C54H47N3O/c1-53(2,3)40-29-38(30-41(33-40)54(4,5)6)39-31-47(56-48(32-39)44-20-11-13-25-51(44)58)36-17-14-16-35(28-36)46-27-26-37(34-55-46)43-22-15-24-50-52(43)45-21-10-12-23-49(45)57(50)42-18-8-7-9-19-42/h7-34,58H,1-6H3. The van der Waals surface area contributed by atoms with E-state index in [9.17, 15) is 5.11 Å². The maximum Gasteiger partial charge on any atom is 0.124 e. The van der Waals surface area contributed by atoms with Crippen molar-refractivity contribution in [3.8, 4) is 67.5 Å². The number of rotatable bonds is 6. The van der Waals surface area contributed by atoms with Crippen LogP contribution >= 0.6 is 0 Å². The fraction of sp³-hybridized carbons (Fsp3) is 0.148. The molecular weight excluding hydrogens is 707 g/mol. The maximum atomic E-state index is 11.0. The maximum absolute atomic E-state index is 11.0.